The zero-order valence-electron chi connectivity index (χ0n) is 18.7. The summed E-state index contributed by atoms with van der Waals surface area (Å²) in [4.78, 5) is 15.3. The van der Waals surface area contributed by atoms with Crippen molar-refractivity contribution < 1.29 is 35.9 Å². The summed E-state index contributed by atoms with van der Waals surface area (Å²) in [6.07, 6.45) is -5.85. The van der Waals surface area contributed by atoms with Gasteiger partial charge in [0.25, 0.3) is 0 Å². The van der Waals surface area contributed by atoms with Crippen molar-refractivity contribution in [2.24, 2.45) is 0 Å². The topological polar surface area (TPSA) is 79.4 Å². The van der Waals surface area contributed by atoms with Crippen molar-refractivity contribution in [3.8, 4) is 5.75 Å². The molecule has 2 aromatic rings. The third-order valence-corrected chi connectivity index (χ3v) is 8.19. The highest BCUT2D eigenvalue weighted by molar-refractivity contribution is 9.10. The number of benzene rings is 2. The number of rotatable bonds is 6. The second-order valence-electron chi connectivity index (χ2n) is 8.30. The van der Waals surface area contributed by atoms with E-state index in [9.17, 15) is 26.4 Å². The van der Waals surface area contributed by atoms with Gasteiger partial charge in [0.1, 0.15) is 11.0 Å². The molecule has 0 aliphatic carbocycles. The van der Waals surface area contributed by atoms with E-state index in [0.29, 0.717) is 26.2 Å². The monoisotopic (exact) mass is 577 g/mol. The second kappa shape index (κ2) is 9.96. The number of nitrogens with zero attached hydrogens (tertiary/aromatic N) is 3. The van der Waals surface area contributed by atoms with Gasteiger partial charge in [-0.1, -0.05) is 33.6 Å². The number of aryl methyl sites for hydroxylation is 1. The predicted octanol–water partition coefficient (Wildman–Crippen LogP) is 3.99. The van der Waals surface area contributed by atoms with Gasteiger partial charge in [0.2, 0.25) is 10.0 Å². The first-order chi connectivity index (χ1) is 16.4. The van der Waals surface area contributed by atoms with Gasteiger partial charge in [-0.2, -0.15) is 4.31 Å². The van der Waals surface area contributed by atoms with Crippen molar-refractivity contribution in [2.45, 2.75) is 24.3 Å². The van der Waals surface area contributed by atoms with E-state index in [2.05, 4.69) is 20.7 Å². The van der Waals surface area contributed by atoms with E-state index in [-0.39, 0.29) is 23.7 Å². The molecule has 13 heteroatoms. The SMILES string of the molecule is Cc1ccc(N2CC(CN3CCN(S(=O)(=O)c4ccc(Br)cc4OC(F)(F)F)CC3)OC2=O)cc1. The molecule has 1 unspecified atom stereocenters. The molecule has 2 heterocycles. The van der Waals surface area contributed by atoms with Crippen molar-refractivity contribution in [2.75, 3.05) is 44.2 Å². The Kier molecular flexibility index (Phi) is 7.32. The van der Waals surface area contributed by atoms with Crippen LogP contribution in [-0.2, 0) is 14.8 Å². The molecule has 0 N–H and O–H groups in total. The fourth-order valence-corrected chi connectivity index (χ4v) is 5.89. The average molecular weight is 578 g/mol. The number of anilines is 1. The van der Waals surface area contributed by atoms with E-state index < -0.39 is 33.1 Å². The van der Waals surface area contributed by atoms with Gasteiger partial charge in [0.15, 0.2) is 5.75 Å². The number of carbonyl (C=O) groups excluding carboxylic acids is 1. The Balaban J connectivity index is 1.38. The van der Waals surface area contributed by atoms with Gasteiger partial charge in [-0.15, -0.1) is 13.2 Å². The maximum atomic E-state index is 13.1. The van der Waals surface area contributed by atoms with Gasteiger partial charge < -0.3 is 9.47 Å². The summed E-state index contributed by atoms with van der Waals surface area (Å²) in [7, 11) is -4.22. The largest absolute Gasteiger partial charge is 0.573 e. The molecule has 2 aromatic carbocycles. The molecule has 1 amide bonds. The number of halogens is 4. The number of hydrogen-bond donors (Lipinski definition) is 0. The maximum absolute atomic E-state index is 13.1. The Bertz CT molecular complexity index is 1190. The molecule has 1 atom stereocenters. The minimum absolute atomic E-state index is 0.0756. The molecule has 4 rings (SSSR count). The number of carbonyl (C=O) groups is 1. The normalized spacial score (nSPS) is 20.2. The van der Waals surface area contributed by atoms with Gasteiger partial charge in [0, 0.05) is 42.9 Å². The fourth-order valence-electron chi connectivity index (χ4n) is 4.03. The maximum Gasteiger partial charge on any atom is 0.573 e. The standard InChI is InChI=1S/C22H23BrF3N3O5S/c1-15-2-5-17(6-3-15)29-14-18(33-21(29)30)13-27-8-10-28(11-9-27)35(31,32)20-7-4-16(23)12-19(20)34-22(24,25)26/h2-7,12,18H,8-11,13-14H2,1H3. The van der Waals surface area contributed by atoms with Crippen LogP contribution in [0, 0.1) is 6.92 Å². The fraction of sp³-hybridized carbons (Fsp3) is 0.409. The highest BCUT2D eigenvalue weighted by atomic mass is 79.9. The van der Waals surface area contributed by atoms with E-state index in [1.807, 2.05) is 36.1 Å². The van der Waals surface area contributed by atoms with Crippen molar-refractivity contribution in [3.63, 3.8) is 0 Å². The quantitative estimate of drug-likeness (QED) is 0.516. The molecule has 0 aromatic heterocycles. The van der Waals surface area contributed by atoms with E-state index in [1.54, 1.807) is 4.90 Å². The van der Waals surface area contributed by atoms with Crippen LogP contribution in [0.5, 0.6) is 5.75 Å². The summed E-state index contributed by atoms with van der Waals surface area (Å²) in [6, 6.07) is 10.9. The van der Waals surface area contributed by atoms with E-state index in [1.165, 1.54) is 6.07 Å². The lowest BCUT2D eigenvalue weighted by Crippen LogP contribution is -2.50. The zero-order valence-corrected chi connectivity index (χ0v) is 21.1. The lowest BCUT2D eigenvalue weighted by atomic mass is 10.2. The van der Waals surface area contributed by atoms with Crippen LogP contribution in [0.1, 0.15) is 5.56 Å². The van der Waals surface area contributed by atoms with E-state index in [4.69, 9.17) is 4.74 Å². The number of alkyl halides is 3. The molecule has 0 radical (unpaired) electrons. The van der Waals surface area contributed by atoms with Crippen LogP contribution in [-0.4, -0.2) is 75.5 Å². The molecule has 0 spiro atoms. The first-order valence-corrected chi connectivity index (χ1v) is 13.0. The summed E-state index contributed by atoms with van der Waals surface area (Å²) < 4.78 is 75.5. The van der Waals surface area contributed by atoms with E-state index >= 15 is 0 Å². The molecular weight excluding hydrogens is 555 g/mol. The Morgan fingerprint density at radius 1 is 1.09 bits per heavy atom. The second-order valence-corrected chi connectivity index (χ2v) is 11.1. The van der Waals surface area contributed by atoms with Crippen LogP contribution >= 0.6 is 15.9 Å². The van der Waals surface area contributed by atoms with Gasteiger partial charge in [-0.25, -0.2) is 13.2 Å². The molecule has 0 bridgehead atoms. The number of sulfonamides is 1. The van der Waals surface area contributed by atoms with Crippen LogP contribution in [0.15, 0.2) is 51.8 Å². The van der Waals surface area contributed by atoms with Crippen molar-refractivity contribution in [3.05, 3.63) is 52.5 Å². The zero-order chi connectivity index (χ0) is 25.4. The Labute approximate surface area is 209 Å². The molecule has 2 fully saturated rings. The number of cyclic esters (lactones) is 1. The Hall–Kier alpha value is -2.35. The van der Waals surface area contributed by atoms with Gasteiger partial charge in [-0.3, -0.25) is 9.80 Å². The van der Waals surface area contributed by atoms with Crippen molar-refractivity contribution >= 4 is 37.7 Å². The number of amides is 1. The molecule has 8 nitrogen and oxygen atoms in total. The number of hydrogen-bond acceptors (Lipinski definition) is 6. The van der Waals surface area contributed by atoms with Crippen molar-refractivity contribution in [1.82, 2.24) is 9.21 Å². The van der Waals surface area contributed by atoms with Gasteiger partial charge in [0.05, 0.1) is 6.54 Å². The summed E-state index contributed by atoms with van der Waals surface area (Å²) in [5.41, 5.74) is 1.82. The predicted molar refractivity (Wildman–Crippen MR) is 125 cm³/mol. The first kappa shape index (κ1) is 25.7. The number of ether oxygens (including phenoxy) is 2. The molecule has 2 saturated heterocycles. The first-order valence-electron chi connectivity index (χ1n) is 10.7. The highest BCUT2D eigenvalue weighted by Crippen LogP contribution is 2.34. The van der Waals surface area contributed by atoms with Crippen LogP contribution in [0.4, 0.5) is 23.7 Å². The third-order valence-electron chi connectivity index (χ3n) is 5.76. The molecule has 0 saturated carbocycles. The summed E-state index contributed by atoms with van der Waals surface area (Å²) >= 11 is 3.04. The van der Waals surface area contributed by atoms with Crippen LogP contribution in [0.25, 0.3) is 0 Å². The molecule has 190 valence electrons. The van der Waals surface area contributed by atoms with E-state index in [0.717, 1.165) is 27.7 Å². The van der Waals surface area contributed by atoms with Crippen LogP contribution in [0.2, 0.25) is 0 Å². The minimum Gasteiger partial charge on any atom is -0.443 e. The highest BCUT2D eigenvalue weighted by Gasteiger charge is 2.38. The third kappa shape index (κ3) is 6.08. The molecule has 2 aliphatic heterocycles. The Morgan fingerprint density at radius 2 is 1.74 bits per heavy atom. The van der Waals surface area contributed by atoms with Gasteiger partial charge in [-0.05, 0) is 37.3 Å². The summed E-state index contributed by atoms with van der Waals surface area (Å²) in [5, 5.41) is 0. The van der Waals surface area contributed by atoms with Crippen LogP contribution in [0.3, 0.4) is 0 Å². The lowest BCUT2D eigenvalue weighted by molar-refractivity contribution is -0.275. The molecule has 2 aliphatic rings. The number of piperazine rings is 1. The summed E-state index contributed by atoms with van der Waals surface area (Å²) in [5.74, 6) is -0.789. The Morgan fingerprint density at radius 3 is 2.37 bits per heavy atom. The van der Waals surface area contributed by atoms with Gasteiger partial charge >= 0.3 is 12.5 Å². The summed E-state index contributed by atoms with van der Waals surface area (Å²) in [6.45, 7) is 3.57. The van der Waals surface area contributed by atoms with Crippen molar-refractivity contribution in [1.29, 1.82) is 0 Å². The average Bonchev–Trinajstić information content (AvgIpc) is 3.13. The minimum atomic E-state index is -5.03. The molecular formula is C22H23BrF3N3O5S. The lowest BCUT2D eigenvalue weighted by Gasteiger charge is -2.34. The van der Waals surface area contributed by atoms with Crippen LogP contribution < -0.4 is 9.64 Å². The smallest absolute Gasteiger partial charge is 0.443 e. The molecule has 35 heavy (non-hydrogen) atoms.